The van der Waals surface area contributed by atoms with E-state index in [9.17, 15) is 26.8 Å². The van der Waals surface area contributed by atoms with Crippen molar-refractivity contribution < 1.29 is 22.0 Å². The van der Waals surface area contributed by atoms with Crippen LogP contribution in [0.25, 0.3) is 22.2 Å². The molecule has 1 heterocycles. The Morgan fingerprint density at radius 1 is 1.00 bits per heavy atom. The van der Waals surface area contributed by atoms with E-state index in [2.05, 4.69) is 10.3 Å². The first kappa shape index (κ1) is 22.3. The van der Waals surface area contributed by atoms with Crippen LogP contribution in [0.1, 0.15) is 15.9 Å². The number of carbonyl (C=O) groups excluding carboxylic acids is 1. The number of nitrogens with one attached hydrogen (secondary N) is 2. The molecule has 6 nitrogen and oxygen atoms in total. The molecular weight excluding hydrogens is 450 g/mol. The topological polar surface area (TPSA) is 96.1 Å². The molecule has 0 aliphatic rings. The predicted molar refractivity (Wildman–Crippen MR) is 121 cm³/mol. The maximum Gasteiger partial charge on any atom is 0.251 e. The van der Waals surface area contributed by atoms with E-state index in [1.54, 1.807) is 0 Å². The molecule has 0 saturated carbocycles. The Morgan fingerprint density at radius 3 is 2.42 bits per heavy atom. The van der Waals surface area contributed by atoms with Gasteiger partial charge in [-0.25, -0.2) is 17.2 Å². The van der Waals surface area contributed by atoms with Crippen molar-refractivity contribution in [2.24, 2.45) is 0 Å². The van der Waals surface area contributed by atoms with Crippen molar-refractivity contribution in [3.63, 3.8) is 0 Å². The van der Waals surface area contributed by atoms with Gasteiger partial charge < -0.3 is 10.3 Å². The van der Waals surface area contributed by atoms with Crippen molar-refractivity contribution in [2.75, 3.05) is 6.26 Å². The first-order chi connectivity index (χ1) is 15.6. The third kappa shape index (κ3) is 4.68. The lowest BCUT2D eigenvalue weighted by Crippen LogP contribution is -2.23. The monoisotopic (exact) mass is 468 g/mol. The second-order valence-electron chi connectivity index (χ2n) is 7.51. The maximum absolute atomic E-state index is 14.1. The van der Waals surface area contributed by atoms with E-state index >= 15 is 0 Å². The van der Waals surface area contributed by atoms with Gasteiger partial charge in [0, 0.05) is 36.1 Å². The molecule has 0 fully saturated rings. The largest absolute Gasteiger partial charge is 0.354 e. The first-order valence-corrected chi connectivity index (χ1v) is 11.7. The molecule has 33 heavy (non-hydrogen) atoms. The number of fused-ring (bicyclic) bond motifs is 1. The molecule has 168 valence electrons. The van der Waals surface area contributed by atoms with Gasteiger partial charge in [-0.15, -0.1) is 0 Å². The van der Waals surface area contributed by atoms with E-state index in [1.165, 1.54) is 18.2 Å². The second kappa shape index (κ2) is 8.59. The van der Waals surface area contributed by atoms with Gasteiger partial charge in [-0.1, -0.05) is 30.3 Å². The summed E-state index contributed by atoms with van der Waals surface area (Å²) in [6, 6.07) is 15.7. The highest BCUT2D eigenvalue weighted by atomic mass is 32.2. The number of rotatable bonds is 5. The standard InChI is InChI=1S/C24H18F2N2O4S/c1-33(31,32)22-8-7-15(24(30)27-13-14-5-3-2-4-6-14)9-17(22)19-12-21(29)23-18(26)10-16(25)11-20(23)28-19/h2-12H,13H2,1H3,(H,27,30)(H,28,29). The lowest BCUT2D eigenvalue weighted by atomic mass is 10.0. The van der Waals surface area contributed by atoms with Crippen LogP contribution in [0, 0.1) is 11.6 Å². The minimum Gasteiger partial charge on any atom is -0.354 e. The van der Waals surface area contributed by atoms with Gasteiger partial charge in [-0.2, -0.15) is 0 Å². The van der Waals surface area contributed by atoms with E-state index in [4.69, 9.17) is 0 Å². The summed E-state index contributed by atoms with van der Waals surface area (Å²) in [5.41, 5.74) is 0.189. The number of H-pyrrole nitrogens is 1. The van der Waals surface area contributed by atoms with E-state index < -0.39 is 32.8 Å². The summed E-state index contributed by atoms with van der Waals surface area (Å²) in [5, 5.41) is 2.40. The zero-order valence-electron chi connectivity index (χ0n) is 17.4. The molecule has 4 aromatic rings. The van der Waals surface area contributed by atoms with Gasteiger partial charge in [-0.05, 0) is 29.8 Å². The molecule has 3 aromatic carbocycles. The molecule has 0 atom stereocenters. The molecule has 0 saturated heterocycles. The average Bonchev–Trinajstić information content (AvgIpc) is 2.76. The fourth-order valence-corrected chi connectivity index (χ4v) is 4.42. The SMILES string of the molecule is CS(=O)(=O)c1ccc(C(=O)NCc2ccccc2)cc1-c1cc(=O)c2c(F)cc(F)cc2[nH]1. The lowest BCUT2D eigenvalue weighted by Gasteiger charge is -2.12. The number of halogens is 2. The van der Waals surface area contributed by atoms with Crippen molar-refractivity contribution in [1.29, 1.82) is 0 Å². The van der Waals surface area contributed by atoms with Gasteiger partial charge in [0.25, 0.3) is 5.91 Å². The highest BCUT2D eigenvalue weighted by molar-refractivity contribution is 7.90. The number of aromatic amines is 1. The second-order valence-corrected chi connectivity index (χ2v) is 9.49. The molecule has 0 unspecified atom stereocenters. The Balaban J connectivity index is 1.81. The van der Waals surface area contributed by atoms with Crippen LogP contribution in [0.15, 0.2) is 76.4 Å². The zero-order valence-corrected chi connectivity index (χ0v) is 18.2. The van der Waals surface area contributed by atoms with Crippen molar-refractivity contribution in [1.82, 2.24) is 10.3 Å². The summed E-state index contributed by atoms with van der Waals surface area (Å²) in [6.45, 7) is 0.258. The molecule has 4 rings (SSSR count). The molecule has 0 aliphatic carbocycles. The van der Waals surface area contributed by atoms with Crippen molar-refractivity contribution >= 4 is 26.6 Å². The van der Waals surface area contributed by atoms with Crippen LogP contribution in [0.4, 0.5) is 8.78 Å². The van der Waals surface area contributed by atoms with Crippen LogP contribution in [-0.2, 0) is 16.4 Å². The van der Waals surface area contributed by atoms with Gasteiger partial charge in [0.05, 0.1) is 21.5 Å². The molecular formula is C24H18F2N2O4S. The van der Waals surface area contributed by atoms with Crippen LogP contribution < -0.4 is 10.7 Å². The molecule has 9 heteroatoms. The number of pyridine rings is 1. The van der Waals surface area contributed by atoms with Crippen molar-refractivity contribution in [3.8, 4) is 11.3 Å². The van der Waals surface area contributed by atoms with Gasteiger partial charge in [-0.3, -0.25) is 9.59 Å². The van der Waals surface area contributed by atoms with Crippen molar-refractivity contribution in [2.45, 2.75) is 11.4 Å². The molecule has 2 N–H and O–H groups in total. The Bertz CT molecular complexity index is 1550. The highest BCUT2D eigenvalue weighted by Gasteiger charge is 2.20. The number of hydrogen-bond donors (Lipinski definition) is 2. The number of aromatic nitrogens is 1. The van der Waals surface area contributed by atoms with Crippen LogP contribution >= 0.6 is 0 Å². The summed E-state index contributed by atoms with van der Waals surface area (Å²) >= 11 is 0. The van der Waals surface area contributed by atoms with Crippen LogP contribution in [0.3, 0.4) is 0 Å². The minimum atomic E-state index is -3.76. The molecule has 0 aliphatic heterocycles. The summed E-state index contributed by atoms with van der Waals surface area (Å²) in [5.74, 6) is -2.39. The molecule has 0 radical (unpaired) electrons. The van der Waals surface area contributed by atoms with Crippen LogP contribution in [0.5, 0.6) is 0 Å². The summed E-state index contributed by atoms with van der Waals surface area (Å²) < 4.78 is 52.5. The smallest absolute Gasteiger partial charge is 0.251 e. The van der Waals surface area contributed by atoms with E-state index in [0.717, 1.165) is 24.0 Å². The predicted octanol–water partition coefficient (Wildman–Crippen LogP) is 3.81. The Labute approximate surface area is 187 Å². The molecule has 1 amide bonds. The number of sulfone groups is 1. The first-order valence-electron chi connectivity index (χ1n) is 9.82. The van der Waals surface area contributed by atoms with Gasteiger partial charge >= 0.3 is 0 Å². The highest BCUT2D eigenvalue weighted by Crippen LogP contribution is 2.28. The number of amides is 1. The van der Waals surface area contributed by atoms with E-state index in [0.29, 0.717) is 6.07 Å². The summed E-state index contributed by atoms with van der Waals surface area (Å²) in [4.78, 5) is 27.8. The molecule has 0 spiro atoms. The van der Waals surface area contributed by atoms with E-state index in [1.807, 2.05) is 30.3 Å². The number of benzene rings is 3. The Kier molecular flexibility index (Phi) is 5.82. The number of carbonyl (C=O) groups is 1. The fraction of sp³-hybridized carbons (Fsp3) is 0.0833. The summed E-state index contributed by atoms with van der Waals surface area (Å²) in [7, 11) is -3.76. The zero-order chi connectivity index (χ0) is 23.8. The average molecular weight is 468 g/mol. The Morgan fingerprint density at radius 2 is 1.73 bits per heavy atom. The third-order valence-corrected chi connectivity index (χ3v) is 6.23. The van der Waals surface area contributed by atoms with Gasteiger partial charge in [0.15, 0.2) is 15.3 Å². The minimum absolute atomic E-state index is 0.00985. The summed E-state index contributed by atoms with van der Waals surface area (Å²) in [6.07, 6.45) is 0.986. The van der Waals surface area contributed by atoms with Crippen molar-refractivity contribution in [3.05, 3.63) is 99.7 Å². The quantitative estimate of drug-likeness (QED) is 0.466. The molecule has 1 aromatic heterocycles. The van der Waals surface area contributed by atoms with Gasteiger partial charge in [0.2, 0.25) is 0 Å². The van der Waals surface area contributed by atoms with Crippen LogP contribution in [0.2, 0.25) is 0 Å². The normalized spacial score (nSPS) is 11.5. The maximum atomic E-state index is 14.1. The van der Waals surface area contributed by atoms with E-state index in [-0.39, 0.29) is 39.2 Å². The van der Waals surface area contributed by atoms with Gasteiger partial charge in [0.1, 0.15) is 11.6 Å². The Hall–Kier alpha value is -3.85. The lowest BCUT2D eigenvalue weighted by molar-refractivity contribution is 0.0951. The third-order valence-electron chi connectivity index (χ3n) is 5.07. The van der Waals surface area contributed by atoms with Crippen LogP contribution in [-0.4, -0.2) is 25.6 Å². The molecule has 0 bridgehead atoms. The number of hydrogen-bond acceptors (Lipinski definition) is 4. The fourth-order valence-electron chi connectivity index (χ4n) is 3.54.